The lowest BCUT2D eigenvalue weighted by Gasteiger charge is -2.13. The fourth-order valence-electron chi connectivity index (χ4n) is 3.81. The maximum atomic E-state index is 11.1. The van der Waals surface area contributed by atoms with Gasteiger partial charge >= 0.3 is 5.97 Å². The van der Waals surface area contributed by atoms with Crippen LogP contribution in [0.5, 0.6) is 5.75 Å². The van der Waals surface area contributed by atoms with E-state index < -0.39 is 5.97 Å². The molecular weight excluding hydrogens is 452 g/mol. The highest BCUT2D eigenvalue weighted by atomic mass is 35.5. The van der Waals surface area contributed by atoms with Crippen molar-refractivity contribution in [3.05, 3.63) is 100 Å². The Morgan fingerprint density at radius 1 is 1.03 bits per heavy atom. The van der Waals surface area contributed by atoms with Crippen molar-refractivity contribution in [3.8, 4) is 17.0 Å². The molecule has 0 spiro atoms. The van der Waals surface area contributed by atoms with Gasteiger partial charge in [-0.3, -0.25) is 4.99 Å². The maximum Gasteiger partial charge on any atom is 0.335 e. The lowest BCUT2D eigenvalue weighted by Crippen LogP contribution is -2.05. The minimum absolute atomic E-state index is 0.211. The number of fused-ring (bicyclic) bond motifs is 3. The largest absolute Gasteiger partial charge is 0.497 e. The fraction of sp³-hybridized carbons (Fsp3) is 0.0769. The first-order chi connectivity index (χ1) is 16.5. The number of anilines is 2. The van der Waals surface area contributed by atoms with Crippen LogP contribution < -0.4 is 10.1 Å². The third-order valence-electron chi connectivity index (χ3n) is 5.52. The summed E-state index contributed by atoms with van der Waals surface area (Å²) >= 11 is 6.37. The van der Waals surface area contributed by atoms with Gasteiger partial charge in [-0.1, -0.05) is 17.7 Å². The van der Waals surface area contributed by atoms with Gasteiger partial charge in [0.2, 0.25) is 5.95 Å². The Morgan fingerprint density at radius 2 is 1.79 bits per heavy atom. The SMILES string of the molecule is COc1ccc(C2=NCc3cnc(Nc4ccc(C(=O)O)cc4)nc3-c3ccc(Cl)cc32)cc1. The van der Waals surface area contributed by atoms with Gasteiger partial charge in [0, 0.05) is 39.2 Å². The minimum atomic E-state index is -0.976. The highest BCUT2D eigenvalue weighted by molar-refractivity contribution is 6.31. The summed E-state index contributed by atoms with van der Waals surface area (Å²) in [4.78, 5) is 25.2. The summed E-state index contributed by atoms with van der Waals surface area (Å²) in [7, 11) is 1.63. The molecule has 0 amide bonds. The number of hydrogen-bond donors (Lipinski definition) is 2. The van der Waals surface area contributed by atoms with E-state index in [1.807, 2.05) is 42.5 Å². The van der Waals surface area contributed by atoms with E-state index in [1.54, 1.807) is 25.4 Å². The van der Waals surface area contributed by atoms with Gasteiger partial charge in [-0.05, 0) is 60.7 Å². The molecule has 0 bridgehead atoms. The summed E-state index contributed by atoms with van der Waals surface area (Å²) in [6.45, 7) is 0.413. The number of carboxylic acid groups (broad SMARTS) is 1. The molecule has 0 saturated heterocycles. The Labute approximate surface area is 200 Å². The van der Waals surface area contributed by atoms with Crippen molar-refractivity contribution in [3.63, 3.8) is 0 Å². The van der Waals surface area contributed by atoms with Crippen LogP contribution in [0.25, 0.3) is 11.3 Å². The summed E-state index contributed by atoms with van der Waals surface area (Å²) in [5, 5.41) is 12.8. The molecule has 168 valence electrons. The number of hydrogen-bond acceptors (Lipinski definition) is 6. The van der Waals surface area contributed by atoms with Crippen molar-refractivity contribution in [1.29, 1.82) is 0 Å². The molecule has 1 aliphatic heterocycles. The average Bonchev–Trinajstić information content (AvgIpc) is 3.01. The van der Waals surface area contributed by atoms with Crippen molar-refractivity contribution in [2.24, 2.45) is 4.99 Å². The van der Waals surface area contributed by atoms with Crippen LogP contribution in [-0.2, 0) is 6.54 Å². The monoisotopic (exact) mass is 470 g/mol. The van der Waals surface area contributed by atoms with E-state index in [0.29, 0.717) is 23.2 Å². The molecule has 0 radical (unpaired) electrons. The Balaban J connectivity index is 1.54. The molecule has 3 aromatic carbocycles. The van der Waals surface area contributed by atoms with Crippen molar-refractivity contribution in [1.82, 2.24) is 9.97 Å². The summed E-state index contributed by atoms with van der Waals surface area (Å²) in [5.41, 5.74) is 6.09. The molecule has 0 unspecified atom stereocenters. The number of carboxylic acids is 1. The molecule has 1 aliphatic rings. The number of aromatic carboxylic acids is 1. The van der Waals surface area contributed by atoms with E-state index in [1.165, 1.54) is 12.1 Å². The number of methoxy groups -OCH3 is 1. The Bertz CT molecular complexity index is 1420. The van der Waals surface area contributed by atoms with E-state index in [0.717, 1.165) is 39.4 Å². The Morgan fingerprint density at radius 3 is 2.50 bits per heavy atom. The molecule has 2 N–H and O–H groups in total. The van der Waals surface area contributed by atoms with Crippen LogP contribution in [0.15, 0.2) is 77.9 Å². The maximum absolute atomic E-state index is 11.1. The number of nitrogens with one attached hydrogen (secondary N) is 1. The quantitative estimate of drug-likeness (QED) is 0.394. The number of aromatic nitrogens is 2. The minimum Gasteiger partial charge on any atom is -0.497 e. The summed E-state index contributed by atoms with van der Waals surface area (Å²) in [6, 6.07) is 19.8. The number of benzene rings is 3. The van der Waals surface area contributed by atoms with E-state index in [4.69, 9.17) is 31.4 Å². The number of rotatable bonds is 5. The predicted octanol–water partition coefficient (Wildman–Crippen LogP) is 5.60. The molecule has 0 atom stereocenters. The Kier molecular flexibility index (Phi) is 5.69. The van der Waals surface area contributed by atoms with Crippen LogP contribution in [0, 0.1) is 0 Å². The molecule has 8 heteroatoms. The highest BCUT2D eigenvalue weighted by Gasteiger charge is 2.21. The van der Waals surface area contributed by atoms with Gasteiger partial charge in [0.1, 0.15) is 5.75 Å². The zero-order valence-electron chi connectivity index (χ0n) is 18.1. The average molecular weight is 471 g/mol. The van der Waals surface area contributed by atoms with E-state index in [2.05, 4.69) is 10.3 Å². The highest BCUT2D eigenvalue weighted by Crippen LogP contribution is 2.34. The summed E-state index contributed by atoms with van der Waals surface area (Å²) < 4.78 is 5.29. The van der Waals surface area contributed by atoms with E-state index in [-0.39, 0.29) is 5.56 Å². The number of carbonyl (C=O) groups is 1. The van der Waals surface area contributed by atoms with Gasteiger partial charge in [0.05, 0.1) is 30.6 Å². The first kappa shape index (κ1) is 21.6. The summed E-state index contributed by atoms with van der Waals surface area (Å²) in [6.07, 6.45) is 1.76. The Hall–Kier alpha value is -4.23. The van der Waals surface area contributed by atoms with Crippen LogP contribution in [0.3, 0.4) is 0 Å². The molecule has 0 aliphatic carbocycles. The second-order valence-electron chi connectivity index (χ2n) is 7.66. The predicted molar refractivity (Wildman–Crippen MR) is 131 cm³/mol. The van der Waals surface area contributed by atoms with Gasteiger partial charge in [0.25, 0.3) is 0 Å². The van der Waals surface area contributed by atoms with Crippen LogP contribution in [0.2, 0.25) is 5.02 Å². The molecule has 1 aromatic heterocycles. The molecule has 0 saturated carbocycles. The lowest BCUT2D eigenvalue weighted by atomic mass is 9.95. The second kappa shape index (κ2) is 8.96. The standard InChI is InChI=1S/C26H19ClN4O3/c1-34-20-9-4-15(5-10-20)23-22-12-18(27)6-11-21(22)24-17(13-28-23)14-29-26(31-24)30-19-7-2-16(3-8-19)25(32)33/h2-12,14H,13H2,1H3,(H,32,33)(H,29,30,31). The zero-order valence-corrected chi connectivity index (χ0v) is 18.9. The van der Waals surface area contributed by atoms with Crippen molar-refractivity contribution in [2.45, 2.75) is 6.54 Å². The smallest absolute Gasteiger partial charge is 0.335 e. The molecular formula is C26H19ClN4O3. The molecule has 34 heavy (non-hydrogen) atoms. The van der Waals surface area contributed by atoms with Gasteiger partial charge in [0.15, 0.2) is 0 Å². The van der Waals surface area contributed by atoms with Crippen LogP contribution >= 0.6 is 11.6 Å². The second-order valence-corrected chi connectivity index (χ2v) is 8.09. The van der Waals surface area contributed by atoms with Crippen LogP contribution in [-0.4, -0.2) is 33.9 Å². The zero-order chi connectivity index (χ0) is 23.7. The van der Waals surface area contributed by atoms with Crippen LogP contribution in [0.1, 0.15) is 27.0 Å². The summed E-state index contributed by atoms with van der Waals surface area (Å²) in [5.74, 6) is 0.192. The van der Waals surface area contributed by atoms with Crippen molar-refractivity contribution in [2.75, 3.05) is 12.4 Å². The lowest BCUT2D eigenvalue weighted by molar-refractivity contribution is 0.0697. The topological polar surface area (TPSA) is 96.7 Å². The first-order valence-electron chi connectivity index (χ1n) is 10.5. The normalized spacial score (nSPS) is 12.1. The van der Waals surface area contributed by atoms with Crippen LogP contribution in [0.4, 0.5) is 11.6 Å². The fourth-order valence-corrected chi connectivity index (χ4v) is 3.98. The van der Waals surface area contributed by atoms with E-state index in [9.17, 15) is 4.79 Å². The third kappa shape index (κ3) is 4.21. The third-order valence-corrected chi connectivity index (χ3v) is 5.75. The van der Waals surface area contributed by atoms with Gasteiger partial charge < -0.3 is 15.2 Å². The molecule has 2 heterocycles. The molecule has 4 aromatic rings. The first-order valence-corrected chi connectivity index (χ1v) is 10.8. The molecule has 0 fully saturated rings. The number of nitrogens with zero attached hydrogens (tertiary/aromatic N) is 3. The molecule has 7 nitrogen and oxygen atoms in total. The van der Waals surface area contributed by atoms with Gasteiger partial charge in [-0.2, -0.15) is 0 Å². The number of halogens is 1. The van der Waals surface area contributed by atoms with E-state index >= 15 is 0 Å². The van der Waals surface area contributed by atoms with Gasteiger partial charge in [-0.25, -0.2) is 14.8 Å². The number of aliphatic imine (C=N–C) groups is 1. The number of ether oxygens (including phenoxy) is 1. The van der Waals surface area contributed by atoms with Crippen molar-refractivity contribution < 1.29 is 14.6 Å². The van der Waals surface area contributed by atoms with Crippen molar-refractivity contribution >= 4 is 34.9 Å². The van der Waals surface area contributed by atoms with Gasteiger partial charge in [-0.15, -0.1) is 0 Å². The molecule has 5 rings (SSSR count).